The minimum Gasteiger partial charge on any atom is -0.490 e. The summed E-state index contributed by atoms with van der Waals surface area (Å²) in [5.41, 5.74) is 3.40. The van der Waals surface area contributed by atoms with Crippen LogP contribution in [0.1, 0.15) is 12.5 Å². The number of benzene rings is 2. The SMILES string of the molecule is CCc1cc(OCC2Cn3ccc(=O)nc3O2)ccc1-c1ccccc1. The Labute approximate surface area is 151 Å². The zero-order chi connectivity index (χ0) is 17.9. The summed E-state index contributed by atoms with van der Waals surface area (Å²) in [5.74, 6) is 0.823. The topological polar surface area (TPSA) is 53.4 Å². The van der Waals surface area contributed by atoms with Gasteiger partial charge in [0, 0.05) is 12.3 Å². The van der Waals surface area contributed by atoms with Crippen molar-refractivity contribution in [2.45, 2.75) is 26.0 Å². The third-order valence-corrected chi connectivity index (χ3v) is 4.50. The van der Waals surface area contributed by atoms with Gasteiger partial charge < -0.3 is 9.47 Å². The van der Waals surface area contributed by atoms with Crippen molar-refractivity contribution in [3.8, 4) is 22.9 Å². The fraction of sp³-hybridized carbons (Fsp3) is 0.238. The van der Waals surface area contributed by atoms with E-state index in [-0.39, 0.29) is 11.7 Å². The minimum absolute atomic E-state index is 0.150. The van der Waals surface area contributed by atoms with E-state index >= 15 is 0 Å². The number of rotatable bonds is 5. The third kappa shape index (κ3) is 3.33. The second-order valence-corrected chi connectivity index (χ2v) is 6.29. The minimum atomic E-state index is -0.290. The van der Waals surface area contributed by atoms with Crippen LogP contribution in [-0.4, -0.2) is 22.3 Å². The molecule has 5 heteroatoms. The van der Waals surface area contributed by atoms with E-state index in [1.165, 1.54) is 22.8 Å². The fourth-order valence-corrected chi connectivity index (χ4v) is 3.18. The van der Waals surface area contributed by atoms with Crippen molar-refractivity contribution in [1.82, 2.24) is 9.55 Å². The van der Waals surface area contributed by atoms with E-state index in [4.69, 9.17) is 9.47 Å². The van der Waals surface area contributed by atoms with E-state index in [0.717, 1.165) is 12.2 Å². The lowest BCUT2D eigenvalue weighted by Gasteiger charge is -2.14. The summed E-state index contributed by atoms with van der Waals surface area (Å²) in [6.45, 7) is 3.18. The van der Waals surface area contributed by atoms with Crippen LogP contribution in [0.4, 0.5) is 0 Å². The molecule has 1 atom stereocenters. The van der Waals surface area contributed by atoms with Gasteiger partial charge in [0.05, 0.1) is 6.54 Å². The van der Waals surface area contributed by atoms with Crippen molar-refractivity contribution in [3.05, 3.63) is 76.7 Å². The number of nitrogens with zero attached hydrogens (tertiary/aromatic N) is 2. The molecule has 26 heavy (non-hydrogen) atoms. The van der Waals surface area contributed by atoms with Crippen LogP contribution in [0.15, 0.2) is 65.6 Å². The Morgan fingerprint density at radius 1 is 1.19 bits per heavy atom. The summed E-state index contributed by atoms with van der Waals surface area (Å²) >= 11 is 0. The van der Waals surface area contributed by atoms with E-state index in [0.29, 0.717) is 19.2 Å². The molecule has 5 nitrogen and oxygen atoms in total. The zero-order valence-corrected chi connectivity index (χ0v) is 14.6. The number of ether oxygens (including phenoxy) is 2. The lowest BCUT2D eigenvalue weighted by molar-refractivity contribution is 0.143. The predicted octanol–water partition coefficient (Wildman–Crippen LogP) is 3.31. The molecule has 4 rings (SSSR count). The number of fused-ring (bicyclic) bond motifs is 1. The first-order valence-electron chi connectivity index (χ1n) is 8.78. The van der Waals surface area contributed by atoms with Gasteiger partial charge in [0.15, 0.2) is 6.10 Å². The molecule has 1 aromatic heterocycles. The molecule has 0 aliphatic carbocycles. The Morgan fingerprint density at radius 3 is 2.85 bits per heavy atom. The van der Waals surface area contributed by atoms with Gasteiger partial charge in [-0.1, -0.05) is 43.3 Å². The monoisotopic (exact) mass is 348 g/mol. The van der Waals surface area contributed by atoms with Crippen molar-refractivity contribution in [3.63, 3.8) is 0 Å². The second kappa shape index (κ2) is 7.04. The molecule has 1 aliphatic heterocycles. The number of aryl methyl sites for hydroxylation is 1. The quantitative estimate of drug-likeness (QED) is 0.710. The number of hydrogen-bond donors (Lipinski definition) is 0. The van der Waals surface area contributed by atoms with Crippen molar-refractivity contribution in [1.29, 1.82) is 0 Å². The van der Waals surface area contributed by atoms with E-state index in [2.05, 4.69) is 36.2 Å². The summed E-state index contributed by atoms with van der Waals surface area (Å²) < 4.78 is 13.5. The maximum Gasteiger partial charge on any atom is 0.300 e. The molecule has 0 spiro atoms. The average Bonchev–Trinajstić information content (AvgIpc) is 3.08. The predicted molar refractivity (Wildman–Crippen MR) is 99.7 cm³/mol. The highest BCUT2D eigenvalue weighted by Gasteiger charge is 2.23. The van der Waals surface area contributed by atoms with Crippen LogP contribution in [0.25, 0.3) is 11.1 Å². The van der Waals surface area contributed by atoms with E-state index in [1.54, 1.807) is 6.20 Å². The molecule has 0 N–H and O–H groups in total. The molecule has 0 radical (unpaired) electrons. The summed E-state index contributed by atoms with van der Waals surface area (Å²) in [6, 6.07) is 18.3. The fourth-order valence-electron chi connectivity index (χ4n) is 3.18. The average molecular weight is 348 g/mol. The Balaban J connectivity index is 1.45. The molecule has 1 aliphatic rings. The zero-order valence-electron chi connectivity index (χ0n) is 14.6. The van der Waals surface area contributed by atoms with Gasteiger partial charge in [-0.25, -0.2) is 0 Å². The van der Waals surface area contributed by atoms with Gasteiger partial charge in [0.25, 0.3) is 11.6 Å². The van der Waals surface area contributed by atoms with Crippen LogP contribution in [0.5, 0.6) is 11.8 Å². The Morgan fingerprint density at radius 2 is 2.04 bits per heavy atom. The van der Waals surface area contributed by atoms with Crippen LogP contribution >= 0.6 is 0 Å². The van der Waals surface area contributed by atoms with Crippen molar-refractivity contribution < 1.29 is 9.47 Å². The number of aromatic nitrogens is 2. The summed E-state index contributed by atoms with van der Waals surface area (Å²) in [7, 11) is 0. The van der Waals surface area contributed by atoms with Gasteiger partial charge in [-0.3, -0.25) is 9.36 Å². The van der Waals surface area contributed by atoms with E-state index < -0.39 is 0 Å². The molecule has 132 valence electrons. The van der Waals surface area contributed by atoms with Crippen molar-refractivity contribution in [2.75, 3.05) is 6.61 Å². The second-order valence-electron chi connectivity index (χ2n) is 6.29. The Bertz CT molecular complexity index is 966. The summed E-state index contributed by atoms with van der Waals surface area (Å²) in [5, 5.41) is 0. The highest BCUT2D eigenvalue weighted by Crippen LogP contribution is 2.28. The van der Waals surface area contributed by atoms with Gasteiger partial charge in [-0.15, -0.1) is 0 Å². The first-order valence-corrected chi connectivity index (χ1v) is 8.78. The molecular formula is C21H20N2O3. The molecule has 2 aromatic carbocycles. The summed E-state index contributed by atoms with van der Waals surface area (Å²) in [6.07, 6.45) is 2.48. The first-order chi connectivity index (χ1) is 12.7. The highest BCUT2D eigenvalue weighted by molar-refractivity contribution is 5.68. The molecule has 0 saturated heterocycles. The largest absolute Gasteiger partial charge is 0.490 e. The molecule has 0 saturated carbocycles. The van der Waals surface area contributed by atoms with Gasteiger partial charge in [0.2, 0.25) is 0 Å². The Kier molecular flexibility index (Phi) is 4.44. The lowest BCUT2D eigenvalue weighted by atomic mass is 9.98. The van der Waals surface area contributed by atoms with Gasteiger partial charge in [-0.05, 0) is 35.2 Å². The first kappa shape index (κ1) is 16.4. The van der Waals surface area contributed by atoms with E-state index in [1.807, 2.05) is 28.8 Å². The van der Waals surface area contributed by atoms with Crippen molar-refractivity contribution in [2.24, 2.45) is 0 Å². The normalized spacial score (nSPS) is 15.3. The molecule has 0 bridgehead atoms. The standard InChI is InChI=1S/C21H20N2O3/c1-2-15-12-17(8-9-19(15)16-6-4-3-5-7-16)25-14-18-13-23-11-10-20(24)22-21(23)26-18/h3-12,18H,2,13-14H2,1H3. The molecule has 0 amide bonds. The lowest BCUT2D eigenvalue weighted by Crippen LogP contribution is -2.23. The van der Waals surface area contributed by atoms with Crippen LogP contribution in [0.3, 0.4) is 0 Å². The highest BCUT2D eigenvalue weighted by atomic mass is 16.6. The Hall–Kier alpha value is -3.08. The van der Waals surface area contributed by atoms with Crippen LogP contribution < -0.4 is 15.0 Å². The van der Waals surface area contributed by atoms with Crippen LogP contribution in [0.2, 0.25) is 0 Å². The van der Waals surface area contributed by atoms with Crippen LogP contribution in [-0.2, 0) is 13.0 Å². The maximum absolute atomic E-state index is 11.3. The van der Waals surface area contributed by atoms with Gasteiger partial charge >= 0.3 is 0 Å². The smallest absolute Gasteiger partial charge is 0.300 e. The molecule has 2 heterocycles. The molecule has 0 fully saturated rings. The molecular weight excluding hydrogens is 328 g/mol. The van der Waals surface area contributed by atoms with Gasteiger partial charge in [0.1, 0.15) is 12.4 Å². The van der Waals surface area contributed by atoms with Crippen LogP contribution in [0, 0.1) is 0 Å². The van der Waals surface area contributed by atoms with Crippen molar-refractivity contribution >= 4 is 0 Å². The molecule has 1 unspecified atom stereocenters. The van der Waals surface area contributed by atoms with Gasteiger partial charge in [-0.2, -0.15) is 4.98 Å². The number of hydrogen-bond acceptors (Lipinski definition) is 4. The maximum atomic E-state index is 11.3. The third-order valence-electron chi connectivity index (χ3n) is 4.50. The summed E-state index contributed by atoms with van der Waals surface area (Å²) in [4.78, 5) is 15.2. The van der Waals surface area contributed by atoms with E-state index in [9.17, 15) is 4.79 Å². The molecule has 3 aromatic rings.